The lowest BCUT2D eigenvalue weighted by Gasteiger charge is -2.37. The Morgan fingerprint density at radius 1 is 1.24 bits per heavy atom. The van der Waals surface area contributed by atoms with Gasteiger partial charge in [0.1, 0.15) is 12.0 Å². The summed E-state index contributed by atoms with van der Waals surface area (Å²) in [6, 6.07) is 7.67. The summed E-state index contributed by atoms with van der Waals surface area (Å²) in [7, 11) is 1.63. The highest BCUT2D eigenvalue weighted by Gasteiger charge is 2.50. The van der Waals surface area contributed by atoms with Gasteiger partial charge in [0.05, 0.1) is 7.11 Å². The normalized spacial score (nSPS) is 24.6. The molecule has 3 rings (SSSR count). The molecule has 4 heteroatoms. The average molecular weight is 289 g/mol. The molecule has 1 aromatic rings. The van der Waals surface area contributed by atoms with Crippen molar-refractivity contribution in [1.82, 2.24) is 4.90 Å². The summed E-state index contributed by atoms with van der Waals surface area (Å²) in [4.78, 5) is 14.0. The van der Waals surface area contributed by atoms with Crippen LogP contribution in [-0.4, -0.2) is 29.3 Å². The van der Waals surface area contributed by atoms with Crippen molar-refractivity contribution in [2.45, 2.75) is 51.3 Å². The van der Waals surface area contributed by atoms with E-state index in [0.29, 0.717) is 13.0 Å². The van der Waals surface area contributed by atoms with Crippen LogP contribution in [0.3, 0.4) is 0 Å². The number of aliphatic hydroxyl groups excluding tert-OH is 1. The van der Waals surface area contributed by atoms with E-state index in [4.69, 9.17) is 4.74 Å². The van der Waals surface area contributed by atoms with Crippen molar-refractivity contribution in [2.24, 2.45) is 5.41 Å². The minimum atomic E-state index is -0.632. The zero-order valence-electron chi connectivity index (χ0n) is 12.5. The minimum absolute atomic E-state index is 0.0835. The summed E-state index contributed by atoms with van der Waals surface area (Å²) in [6.07, 6.45) is 5.29. The summed E-state index contributed by atoms with van der Waals surface area (Å²) in [5.74, 6) is 0.885. The van der Waals surface area contributed by atoms with Crippen molar-refractivity contribution in [2.75, 3.05) is 7.11 Å². The van der Waals surface area contributed by atoms with Crippen LogP contribution in [0, 0.1) is 5.41 Å². The Morgan fingerprint density at radius 2 is 1.90 bits per heavy atom. The average Bonchev–Trinajstić information content (AvgIpc) is 2.73. The number of amides is 1. The summed E-state index contributed by atoms with van der Waals surface area (Å²) in [5, 5.41) is 10.7. The Balaban J connectivity index is 1.74. The van der Waals surface area contributed by atoms with E-state index >= 15 is 0 Å². The third-order valence-corrected chi connectivity index (χ3v) is 5.03. The van der Waals surface area contributed by atoms with Gasteiger partial charge in [0.25, 0.3) is 0 Å². The Bertz CT molecular complexity index is 505. The molecule has 1 amide bonds. The first-order valence-corrected chi connectivity index (χ1v) is 7.75. The molecule has 4 nitrogen and oxygen atoms in total. The van der Waals surface area contributed by atoms with Gasteiger partial charge in [-0.2, -0.15) is 0 Å². The van der Waals surface area contributed by atoms with Gasteiger partial charge in [-0.05, 0) is 30.5 Å². The van der Waals surface area contributed by atoms with E-state index in [1.807, 2.05) is 24.3 Å². The fourth-order valence-corrected chi connectivity index (χ4v) is 3.75. The molecule has 0 radical (unpaired) electrons. The maximum Gasteiger partial charge on any atom is 0.225 e. The number of benzene rings is 1. The second-order valence-electron chi connectivity index (χ2n) is 6.34. The smallest absolute Gasteiger partial charge is 0.225 e. The van der Waals surface area contributed by atoms with Gasteiger partial charge in [-0.25, -0.2) is 0 Å². The van der Waals surface area contributed by atoms with E-state index in [-0.39, 0.29) is 11.3 Å². The van der Waals surface area contributed by atoms with Gasteiger partial charge in [-0.3, -0.25) is 4.79 Å². The number of carbonyl (C=O) groups excluding carboxylic acids is 1. The number of ether oxygens (including phenoxy) is 1. The highest BCUT2D eigenvalue weighted by molar-refractivity contribution is 5.80. The molecule has 21 heavy (non-hydrogen) atoms. The molecule has 1 heterocycles. The second-order valence-corrected chi connectivity index (χ2v) is 6.34. The molecule has 1 aromatic carbocycles. The van der Waals surface area contributed by atoms with Gasteiger partial charge in [-0.1, -0.05) is 31.4 Å². The van der Waals surface area contributed by atoms with Crippen LogP contribution in [0.1, 0.15) is 44.1 Å². The third kappa shape index (κ3) is 2.64. The molecule has 1 unspecified atom stereocenters. The van der Waals surface area contributed by atoms with Crippen molar-refractivity contribution in [3.8, 4) is 5.75 Å². The lowest BCUT2D eigenvalue weighted by molar-refractivity contribution is -0.135. The molecule has 0 aromatic heterocycles. The van der Waals surface area contributed by atoms with Crippen molar-refractivity contribution < 1.29 is 14.6 Å². The zero-order chi connectivity index (χ0) is 14.9. The van der Waals surface area contributed by atoms with Crippen LogP contribution in [0.25, 0.3) is 0 Å². The van der Waals surface area contributed by atoms with Gasteiger partial charge in [0.15, 0.2) is 0 Å². The SMILES string of the molecule is COc1ccc(CN2C(=O)CC3(CCCCC3)C2O)cc1. The van der Waals surface area contributed by atoms with E-state index in [9.17, 15) is 9.90 Å². The molecular formula is C17H23NO3. The fourth-order valence-electron chi connectivity index (χ4n) is 3.75. The van der Waals surface area contributed by atoms with Crippen LogP contribution < -0.4 is 4.74 Å². The predicted molar refractivity (Wildman–Crippen MR) is 79.7 cm³/mol. The first-order valence-electron chi connectivity index (χ1n) is 7.75. The molecule has 1 saturated heterocycles. The highest BCUT2D eigenvalue weighted by Crippen LogP contribution is 2.48. The maximum atomic E-state index is 12.3. The van der Waals surface area contributed by atoms with Crippen LogP contribution in [-0.2, 0) is 11.3 Å². The Hall–Kier alpha value is -1.55. The summed E-state index contributed by atoms with van der Waals surface area (Å²) >= 11 is 0. The zero-order valence-corrected chi connectivity index (χ0v) is 12.5. The van der Waals surface area contributed by atoms with Crippen LogP contribution in [0.5, 0.6) is 5.75 Å². The molecule has 1 N–H and O–H groups in total. The molecule has 1 aliphatic heterocycles. The number of rotatable bonds is 3. The summed E-state index contributed by atoms with van der Waals surface area (Å²) < 4.78 is 5.14. The van der Waals surface area contributed by atoms with Crippen LogP contribution in [0.15, 0.2) is 24.3 Å². The monoisotopic (exact) mass is 289 g/mol. The molecule has 1 spiro atoms. The maximum absolute atomic E-state index is 12.3. The number of carbonyl (C=O) groups is 1. The molecule has 0 bridgehead atoms. The predicted octanol–water partition coefficient (Wildman–Crippen LogP) is 2.70. The molecule has 1 aliphatic carbocycles. The number of hydrogen-bond acceptors (Lipinski definition) is 3. The van der Waals surface area contributed by atoms with E-state index in [0.717, 1.165) is 37.0 Å². The van der Waals surface area contributed by atoms with E-state index in [1.165, 1.54) is 6.42 Å². The largest absolute Gasteiger partial charge is 0.497 e. The highest BCUT2D eigenvalue weighted by atomic mass is 16.5. The van der Waals surface area contributed by atoms with Gasteiger partial charge in [0.2, 0.25) is 5.91 Å². The molecule has 2 aliphatic rings. The number of methoxy groups -OCH3 is 1. The summed E-state index contributed by atoms with van der Waals surface area (Å²) in [6.45, 7) is 0.478. The quantitative estimate of drug-likeness (QED) is 0.930. The summed E-state index contributed by atoms with van der Waals surface area (Å²) in [5.41, 5.74) is 0.831. The van der Waals surface area contributed by atoms with Crippen molar-refractivity contribution in [3.05, 3.63) is 29.8 Å². The molecule has 2 fully saturated rings. The fraction of sp³-hybridized carbons (Fsp3) is 0.588. The van der Waals surface area contributed by atoms with Gasteiger partial charge < -0.3 is 14.7 Å². The topological polar surface area (TPSA) is 49.8 Å². The first kappa shape index (κ1) is 14.4. The van der Waals surface area contributed by atoms with Crippen LogP contribution in [0.2, 0.25) is 0 Å². The van der Waals surface area contributed by atoms with E-state index in [2.05, 4.69) is 0 Å². The van der Waals surface area contributed by atoms with E-state index < -0.39 is 6.23 Å². The minimum Gasteiger partial charge on any atom is -0.497 e. The standard InChI is InChI=1S/C17H23NO3/c1-21-14-7-5-13(6-8-14)12-18-15(19)11-17(16(18)20)9-3-2-4-10-17/h5-8,16,20H,2-4,9-12H2,1H3. The molecular weight excluding hydrogens is 266 g/mol. The number of aliphatic hydroxyl groups is 1. The molecule has 1 atom stereocenters. The third-order valence-electron chi connectivity index (χ3n) is 5.03. The Kier molecular flexibility index (Phi) is 3.89. The van der Waals surface area contributed by atoms with Crippen molar-refractivity contribution >= 4 is 5.91 Å². The Labute approximate surface area is 125 Å². The van der Waals surface area contributed by atoms with Gasteiger partial charge in [-0.15, -0.1) is 0 Å². The lowest BCUT2D eigenvalue weighted by atomic mass is 9.72. The van der Waals surface area contributed by atoms with Gasteiger partial charge >= 0.3 is 0 Å². The van der Waals surface area contributed by atoms with Crippen molar-refractivity contribution in [3.63, 3.8) is 0 Å². The number of nitrogens with zero attached hydrogens (tertiary/aromatic N) is 1. The van der Waals surface area contributed by atoms with Crippen molar-refractivity contribution in [1.29, 1.82) is 0 Å². The molecule has 1 saturated carbocycles. The van der Waals surface area contributed by atoms with Gasteiger partial charge in [0, 0.05) is 18.4 Å². The van der Waals surface area contributed by atoms with E-state index in [1.54, 1.807) is 12.0 Å². The second kappa shape index (κ2) is 5.68. The Morgan fingerprint density at radius 3 is 2.52 bits per heavy atom. The first-order chi connectivity index (χ1) is 10.1. The lowest BCUT2D eigenvalue weighted by Crippen LogP contribution is -2.41. The van der Waals surface area contributed by atoms with Crippen LogP contribution >= 0.6 is 0 Å². The van der Waals surface area contributed by atoms with Crippen LogP contribution in [0.4, 0.5) is 0 Å². The number of hydrogen-bond donors (Lipinski definition) is 1. The number of likely N-dealkylation sites (tertiary alicyclic amines) is 1. The molecule has 114 valence electrons.